The maximum atomic E-state index is 12.3. The molecule has 7 nitrogen and oxygen atoms in total. The van der Waals surface area contributed by atoms with Gasteiger partial charge in [-0.2, -0.15) is 0 Å². The van der Waals surface area contributed by atoms with E-state index in [9.17, 15) is 9.59 Å². The zero-order valence-electron chi connectivity index (χ0n) is 13.8. The molecule has 1 N–H and O–H groups in total. The summed E-state index contributed by atoms with van der Waals surface area (Å²) in [7, 11) is 1.62. The van der Waals surface area contributed by atoms with E-state index in [0.29, 0.717) is 23.2 Å². The first-order valence-electron chi connectivity index (χ1n) is 7.87. The summed E-state index contributed by atoms with van der Waals surface area (Å²) in [4.78, 5) is 24.5. The predicted octanol–water partition coefficient (Wildman–Crippen LogP) is 1.97. The number of rotatable bonds is 6. The number of benzene rings is 2. The molecular formula is C18H18N4O3. The van der Waals surface area contributed by atoms with Crippen molar-refractivity contribution in [1.82, 2.24) is 15.0 Å². The van der Waals surface area contributed by atoms with Crippen molar-refractivity contribution < 1.29 is 9.53 Å². The van der Waals surface area contributed by atoms with E-state index >= 15 is 0 Å². The number of ether oxygens (including phenoxy) is 1. The Hall–Kier alpha value is -3.06. The van der Waals surface area contributed by atoms with Crippen LogP contribution in [0.25, 0.3) is 10.9 Å². The molecule has 0 aliphatic carbocycles. The smallest absolute Gasteiger partial charge is 0.277 e. The number of aryl methyl sites for hydroxylation is 1. The number of nitrogens with zero attached hydrogens (tertiary/aromatic N) is 3. The van der Waals surface area contributed by atoms with Crippen LogP contribution < -0.4 is 10.9 Å². The summed E-state index contributed by atoms with van der Waals surface area (Å²) >= 11 is 0. The molecule has 0 atom stereocenters. The van der Waals surface area contributed by atoms with E-state index in [2.05, 4.69) is 15.6 Å². The van der Waals surface area contributed by atoms with Gasteiger partial charge in [0, 0.05) is 19.2 Å². The molecule has 0 aliphatic heterocycles. The van der Waals surface area contributed by atoms with Crippen LogP contribution >= 0.6 is 0 Å². The molecule has 1 amide bonds. The Balaban J connectivity index is 1.65. The molecule has 0 unspecified atom stereocenters. The molecule has 3 aromatic rings. The third kappa shape index (κ3) is 4.07. The molecule has 0 saturated carbocycles. The number of hydrogen-bond donors (Lipinski definition) is 1. The summed E-state index contributed by atoms with van der Waals surface area (Å²) in [5, 5.41) is 11.2. The number of hydrogen-bond acceptors (Lipinski definition) is 5. The lowest BCUT2D eigenvalue weighted by atomic mass is 10.2. The SMILES string of the molecule is COCc1cccc(NC(=O)CCn2nnc3ccccc3c2=O)c1. The van der Waals surface area contributed by atoms with Crippen LogP contribution in [0, 0.1) is 0 Å². The molecule has 128 valence electrons. The van der Waals surface area contributed by atoms with Gasteiger partial charge in [0.15, 0.2) is 0 Å². The number of carbonyl (C=O) groups excluding carboxylic acids is 1. The monoisotopic (exact) mass is 338 g/mol. The van der Waals surface area contributed by atoms with Crippen molar-refractivity contribution in [2.24, 2.45) is 0 Å². The van der Waals surface area contributed by atoms with Crippen LogP contribution in [-0.4, -0.2) is 28.0 Å². The Morgan fingerprint density at radius 3 is 2.88 bits per heavy atom. The molecular weight excluding hydrogens is 320 g/mol. The maximum absolute atomic E-state index is 12.3. The second-order valence-corrected chi connectivity index (χ2v) is 5.57. The van der Waals surface area contributed by atoms with Gasteiger partial charge in [0.1, 0.15) is 5.52 Å². The van der Waals surface area contributed by atoms with Crippen molar-refractivity contribution in [2.45, 2.75) is 19.6 Å². The van der Waals surface area contributed by atoms with Crippen molar-refractivity contribution in [3.8, 4) is 0 Å². The lowest BCUT2D eigenvalue weighted by molar-refractivity contribution is -0.116. The van der Waals surface area contributed by atoms with E-state index in [1.165, 1.54) is 4.68 Å². The number of carbonyl (C=O) groups is 1. The van der Waals surface area contributed by atoms with Crippen LogP contribution in [-0.2, 0) is 22.7 Å². The first kappa shape index (κ1) is 16.8. The second kappa shape index (κ2) is 7.67. The lowest BCUT2D eigenvalue weighted by Gasteiger charge is -2.08. The zero-order chi connectivity index (χ0) is 17.6. The third-order valence-corrected chi connectivity index (χ3v) is 3.70. The van der Waals surface area contributed by atoms with Crippen LogP contribution in [0.15, 0.2) is 53.3 Å². The highest BCUT2D eigenvalue weighted by Gasteiger charge is 2.08. The molecule has 7 heteroatoms. The molecule has 0 spiro atoms. The highest BCUT2D eigenvalue weighted by molar-refractivity contribution is 5.90. The zero-order valence-corrected chi connectivity index (χ0v) is 13.8. The second-order valence-electron chi connectivity index (χ2n) is 5.57. The number of methoxy groups -OCH3 is 1. The Morgan fingerprint density at radius 2 is 2.04 bits per heavy atom. The van der Waals surface area contributed by atoms with Crippen molar-refractivity contribution in [3.05, 3.63) is 64.4 Å². The Kier molecular flexibility index (Phi) is 5.15. The van der Waals surface area contributed by atoms with Crippen molar-refractivity contribution >= 4 is 22.5 Å². The van der Waals surface area contributed by atoms with Gasteiger partial charge in [-0.25, -0.2) is 4.68 Å². The Morgan fingerprint density at radius 1 is 1.20 bits per heavy atom. The third-order valence-electron chi connectivity index (χ3n) is 3.70. The number of nitrogens with one attached hydrogen (secondary N) is 1. The van der Waals surface area contributed by atoms with Crippen LogP contribution in [0.5, 0.6) is 0 Å². The van der Waals surface area contributed by atoms with E-state index in [-0.39, 0.29) is 24.4 Å². The average molecular weight is 338 g/mol. The van der Waals surface area contributed by atoms with Crippen LogP contribution in [0.4, 0.5) is 5.69 Å². The normalized spacial score (nSPS) is 10.8. The van der Waals surface area contributed by atoms with Gasteiger partial charge in [0.05, 0.1) is 18.5 Å². The van der Waals surface area contributed by atoms with Gasteiger partial charge in [0.2, 0.25) is 5.91 Å². The minimum absolute atomic E-state index is 0.126. The number of aromatic nitrogens is 3. The highest BCUT2D eigenvalue weighted by atomic mass is 16.5. The molecule has 25 heavy (non-hydrogen) atoms. The first-order chi connectivity index (χ1) is 12.2. The summed E-state index contributed by atoms with van der Waals surface area (Å²) in [5.74, 6) is -0.198. The fourth-order valence-corrected chi connectivity index (χ4v) is 2.51. The first-order valence-corrected chi connectivity index (χ1v) is 7.87. The van der Waals surface area contributed by atoms with E-state index in [1.807, 2.05) is 18.2 Å². The standard InChI is InChI=1S/C18H18N4O3/c1-25-12-13-5-4-6-14(11-13)19-17(23)9-10-22-18(24)15-7-2-3-8-16(15)20-21-22/h2-8,11H,9-10,12H2,1H3,(H,19,23). The van der Waals surface area contributed by atoms with Crippen molar-refractivity contribution in [2.75, 3.05) is 12.4 Å². The maximum Gasteiger partial charge on any atom is 0.277 e. The van der Waals surface area contributed by atoms with Crippen molar-refractivity contribution in [3.63, 3.8) is 0 Å². The topological polar surface area (TPSA) is 86.1 Å². The fraction of sp³-hybridized carbons (Fsp3) is 0.222. The van der Waals surface area contributed by atoms with Gasteiger partial charge in [0.25, 0.3) is 5.56 Å². The lowest BCUT2D eigenvalue weighted by Crippen LogP contribution is -2.26. The molecule has 2 aromatic carbocycles. The minimum Gasteiger partial charge on any atom is -0.380 e. The molecule has 0 aliphatic rings. The van der Waals surface area contributed by atoms with Gasteiger partial charge in [-0.15, -0.1) is 5.10 Å². The predicted molar refractivity (Wildman–Crippen MR) is 94.2 cm³/mol. The summed E-state index contributed by atoms with van der Waals surface area (Å²) in [6, 6.07) is 14.4. The summed E-state index contributed by atoms with van der Waals surface area (Å²) in [6.07, 6.45) is 0.126. The number of amides is 1. The Bertz CT molecular complexity index is 952. The van der Waals surface area contributed by atoms with Gasteiger partial charge in [-0.05, 0) is 29.8 Å². The largest absolute Gasteiger partial charge is 0.380 e. The molecule has 0 saturated heterocycles. The fourth-order valence-electron chi connectivity index (χ4n) is 2.51. The van der Waals surface area contributed by atoms with Gasteiger partial charge in [-0.3, -0.25) is 9.59 Å². The molecule has 0 radical (unpaired) electrons. The van der Waals surface area contributed by atoms with E-state index in [1.54, 1.807) is 37.4 Å². The Labute approximate surface area is 144 Å². The molecule has 1 aromatic heterocycles. The van der Waals surface area contributed by atoms with E-state index in [0.717, 1.165) is 5.56 Å². The highest BCUT2D eigenvalue weighted by Crippen LogP contribution is 2.12. The summed E-state index contributed by atoms with van der Waals surface area (Å²) in [5.41, 5.74) is 1.96. The van der Waals surface area contributed by atoms with Crippen molar-refractivity contribution in [1.29, 1.82) is 0 Å². The molecule has 0 bridgehead atoms. The summed E-state index contributed by atoms with van der Waals surface area (Å²) < 4.78 is 6.29. The van der Waals surface area contributed by atoms with E-state index in [4.69, 9.17) is 4.74 Å². The molecule has 3 rings (SSSR count). The quantitative estimate of drug-likeness (QED) is 0.742. The number of anilines is 1. The minimum atomic E-state index is -0.250. The molecule has 0 fully saturated rings. The average Bonchev–Trinajstić information content (AvgIpc) is 2.62. The van der Waals surface area contributed by atoms with E-state index < -0.39 is 0 Å². The van der Waals surface area contributed by atoms with Crippen LogP contribution in [0.2, 0.25) is 0 Å². The van der Waals surface area contributed by atoms with Gasteiger partial charge >= 0.3 is 0 Å². The van der Waals surface area contributed by atoms with Crippen LogP contribution in [0.1, 0.15) is 12.0 Å². The summed E-state index contributed by atoms with van der Waals surface area (Å²) in [6.45, 7) is 0.645. The van der Waals surface area contributed by atoms with Gasteiger partial charge < -0.3 is 10.1 Å². The van der Waals surface area contributed by atoms with Gasteiger partial charge in [-0.1, -0.05) is 29.5 Å². The van der Waals surface area contributed by atoms with Crippen LogP contribution in [0.3, 0.4) is 0 Å². The number of fused-ring (bicyclic) bond motifs is 1. The molecule has 1 heterocycles.